The lowest BCUT2D eigenvalue weighted by Crippen LogP contribution is -2.64. The van der Waals surface area contributed by atoms with Crippen LogP contribution >= 0.6 is 0 Å². The normalized spacial score (nSPS) is 51.7. The minimum atomic E-state index is -1.75. The molecule has 2 heterocycles. The number of aliphatic hydroxyl groups is 8. The molecule has 6 unspecified atom stereocenters. The summed E-state index contributed by atoms with van der Waals surface area (Å²) in [4.78, 5) is 0. The lowest BCUT2D eigenvalue weighted by atomic mass is 9.97. The standard InChI is InChI=1S/C12H22O11/c13-1-3-6(16)8(18)10(11(20)21-3)23-12-9(19)7(17)5(15)4(2-14)22-12/h3-20H,1-2H2/t3-,4-,5?,6?,7+,8+,9?,10?,11?,12?/m1/s1. The number of hydrogen-bond donors (Lipinski definition) is 8. The van der Waals surface area contributed by atoms with E-state index >= 15 is 0 Å². The van der Waals surface area contributed by atoms with Gasteiger partial charge in [-0.05, 0) is 0 Å². The van der Waals surface area contributed by atoms with Gasteiger partial charge < -0.3 is 55.1 Å². The molecule has 0 amide bonds. The van der Waals surface area contributed by atoms with Gasteiger partial charge in [0.15, 0.2) is 12.6 Å². The second-order valence-electron chi connectivity index (χ2n) is 5.53. The Labute approximate surface area is 130 Å². The Morgan fingerprint density at radius 1 is 0.652 bits per heavy atom. The average molecular weight is 342 g/mol. The van der Waals surface area contributed by atoms with Crippen molar-refractivity contribution in [3.8, 4) is 0 Å². The van der Waals surface area contributed by atoms with E-state index in [-0.39, 0.29) is 0 Å². The highest BCUT2D eigenvalue weighted by Crippen LogP contribution is 2.28. The predicted molar refractivity (Wildman–Crippen MR) is 68.6 cm³/mol. The molecule has 11 nitrogen and oxygen atoms in total. The van der Waals surface area contributed by atoms with E-state index in [9.17, 15) is 30.6 Å². The van der Waals surface area contributed by atoms with Gasteiger partial charge in [-0.25, -0.2) is 0 Å². The summed E-state index contributed by atoms with van der Waals surface area (Å²) in [5.74, 6) is 0. The van der Waals surface area contributed by atoms with Crippen LogP contribution in [-0.4, -0.2) is 115 Å². The SMILES string of the molecule is OC[C@H]1OC(OC2C(O)O[C@H](CO)C(O)[C@@H]2O)C(O)[C@@H](O)C1O. The number of rotatable bonds is 4. The molecule has 2 fully saturated rings. The maximum absolute atomic E-state index is 9.94. The van der Waals surface area contributed by atoms with E-state index in [2.05, 4.69) is 0 Å². The highest BCUT2D eigenvalue weighted by atomic mass is 16.7. The Balaban J connectivity index is 2.08. The van der Waals surface area contributed by atoms with Crippen molar-refractivity contribution in [3.63, 3.8) is 0 Å². The highest BCUT2D eigenvalue weighted by molar-refractivity contribution is 4.93. The molecular weight excluding hydrogens is 320 g/mol. The maximum atomic E-state index is 9.94. The van der Waals surface area contributed by atoms with Gasteiger partial charge in [0.05, 0.1) is 13.2 Å². The van der Waals surface area contributed by atoms with Gasteiger partial charge in [0.25, 0.3) is 0 Å². The molecule has 2 aliphatic rings. The Kier molecular flexibility index (Phi) is 6.27. The smallest absolute Gasteiger partial charge is 0.187 e. The first-order chi connectivity index (χ1) is 10.8. The molecule has 11 heteroatoms. The predicted octanol–water partition coefficient (Wildman–Crippen LogP) is -5.40. The first-order valence-corrected chi connectivity index (χ1v) is 7.08. The van der Waals surface area contributed by atoms with E-state index in [0.29, 0.717) is 0 Å². The molecular formula is C12H22O11. The van der Waals surface area contributed by atoms with E-state index in [0.717, 1.165) is 0 Å². The molecule has 0 radical (unpaired) electrons. The molecule has 0 saturated carbocycles. The van der Waals surface area contributed by atoms with E-state index in [4.69, 9.17) is 24.4 Å². The van der Waals surface area contributed by atoms with Crippen molar-refractivity contribution >= 4 is 0 Å². The second kappa shape index (κ2) is 7.63. The quantitative estimate of drug-likeness (QED) is 0.243. The first-order valence-electron chi connectivity index (χ1n) is 7.08. The van der Waals surface area contributed by atoms with E-state index < -0.39 is 74.6 Å². The summed E-state index contributed by atoms with van der Waals surface area (Å²) >= 11 is 0. The van der Waals surface area contributed by atoms with Gasteiger partial charge in [-0.3, -0.25) is 0 Å². The fourth-order valence-corrected chi connectivity index (χ4v) is 2.55. The van der Waals surface area contributed by atoms with Crippen LogP contribution < -0.4 is 0 Å². The van der Waals surface area contributed by atoms with Crippen LogP contribution in [0.3, 0.4) is 0 Å². The molecule has 2 saturated heterocycles. The number of ether oxygens (including phenoxy) is 3. The van der Waals surface area contributed by atoms with Crippen molar-refractivity contribution < 1.29 is 55.1 Å². The molecule has 10 atom stereocenters. The first kappa shape index (κ1) is 18.9. The summed E-state index contributed by atoms with van der Waals surface area (Å²) in [6.45, 7) is -1.33. The Bertz CT molecular complexity index is 380. The van der Waals surface area contributed by atoms with Crippen molar-refractivity contribution in [2.24, 2.45) is 0 Å². The van der Waals surface area contributed by atoms with E-state index in [1.165, 1.54) is 0 Å². The molecule has 0 aliphatic carbocycles. The van der Waals surface area contributed by atoms with Gasteiger partial charge in [0, 0.05) is 0 Å². The van der Waals surface area contributed by atoms with Crippen molar-refractivity contribution in [1.82, 2.24) is 0 Å². The third-order valence-electron chi connectivity index (χ3n) is 3.98. The van der Waals surface area contributed by atoms with E-state index in [1.54, 1.807) is 0 Å². The monoisotopic (exact) mass is 342 g/mol. The zero-order valence-electron chi connectivity index (χ0n) is 12.0. The summed E-state index contributed by atoms with van der Waals surface area (Å²) in [5.41, 5.74) is 0. The van der Waals surface area contributed by atoms with Crippen LogP contribution in [0, 0.1) is 0 Å². The van der Waals surface area contributed by atoms with Gasteiger partial charge in [-0.15, -0.1) is 0 Å². The fraction of sp³-hybridized carbons (Fsp3) is 1.00. The van der Waals surface area contributed by atoms with Crippen LogP contribution in [0.2, 0.25) is 0 Å². The van der Waals surface area contributed by atoms with Crippen LogP contribution in [0.4, 0.5) is 0 Å². The molecule has 0 bridgehead atoms. The van der Waals surface area contributed by atoms with Crippen LogP contribution in [0.15, 0.2) is 0 Å². The maximum Gasteiger partial charge on any atom is 0.187 e. The molecule has 2 aliphatic heterocycles. The van der Waals surface area contributed by atoms with E-state index in [1.807, 2.05) is 0 Å². The molecule has 136 valence electrons. The van der Waals surface area contributed by atoms with Crippen LogP contribution in [0.5, 0.6) is 0 Å². The topological polar surface area (TPSA) is 190 Å². The largest absolute Gasteiger partial charge is 0.394 e. The molecule has 0 aromatic rings. The second-order valence-corrected chi connectivity index (χ2v) is 5.53. The van der Waals surface area contributed by atoms with Crippen molar-refractivity contribution in [2.75, 3.05) is 13.2 Å². The highest BCUT2D eigenvalue weighted by Gasteiger charge is 2.50. The van der Waals surface area contributed by atoms with Crippen molar-refractivity contribution in [1.29, 1.82) is 0 Å². The number of aliphatic hydroxyl groups excluding tert-OH is 8. The third kappa shape index (κ3) is 3.65. The summed E-state index contributed by atoms with van der Waals surface area (Å²) < 4.78 is 15.1. The summed E-state index contributed by atoms with van der Waals surface area (Å²) in [6.07, 6.45) is -15.6. The number of hydrogen-bond acceptors (Lipinski definition) is 11. The molecule has 0 aromatic heterocycles. The average Bonchev–Trinajstić information content (AvgIpc) is 2.54. The van der Waals surface area contributed by atoms with Gasteiger partial charge in [0.2, 0.25) is 0 Å². The van der Waals surface area contributed by atoms with Gasteiger partial charge in [-0.1, -0.05) is 0 Å². The Morgan fingerprint density at radius 2 is 1.17 bits per heavy atom. The van der Waals surface area contributed by atoms with Crippen molar-refractivity contribution in [3.05, 3.63) is 0 Å². The molecule has 0 spiro atoms. The molecule has 0 aromatic carbocycles. The molecule has 2 rings (SSSR count). The van der Waals surface area contributed by atoms with Gasteiger partial charge in [0.1, 0.15) is 48.8 Å². The zero-order chi connectivity index (χ0) is 17.3. The Morgan fingerprint density at radius 3 is 1.74 bits per heavy atom. The summed E-state index contributed by atoms with van der Waals surface area (Å²) in [7, 11) is 0. The van der Waals surface area contributed by atoms with Crippen molar-refractivity contribution in [2.45, 2.75) is 61.4 Å². The minimum absolute atomic E-state index is 0.651. The lowest BCUT2D eigenvalue weighted by molar-refractivity contribution is -0.361. The zero-order valence-corrected chi connectivity index (χ0v) is 12.0. The molecule has 8 N–H and O–H groups in total. The summed E-state index contributed by atoms with van der Waals surface area (Å²) in [5, 5.41) is 76.7. The molecule has 23 heavy (non-hydrogen) atoms. The van der Waals surface area contributed by atoms with Gasteiger partial charge >= 0.3 is 0 Å². The summed E-state index contributed by atoms with van der Waals surface area (Å²) in [6, 6.07) is 0. The minimum Gasteiger partial charge on any atom is -0.394 e. The van der Waals surface area contributed by atoms with Crippen LogP contribution in [-0.2, 0) is 14.2 Å². The van der Waals surface area contributed by atoms with Crippen LogP contribution in [0.25, 0.3) is 0 Å². The van der Waals surface area contributed by atoms with Crippen LogP contribution in [0.1, 0.15) is 0 Å². The Hall–Kier alpha value is -0.440. The fourth-order valence-electron chi connectivity index (χ4n) is 2.55. The third-order valence-corrected chi connectivity index (χ3v) is 3.98. The lowest BCUT2D eigenvalue weighted by Gasteiger charge is -2.44. The van der Waals surface area contributed by atoms with Gasteiger partial charge in [-0.2, -0.15) is 0 Å².